The number of hydrogen-bond acceptors (Lipinski definition) is 5. The van der Waals surface area contributed by atoms with Crippen molar-refractivity contribution in [3.8, 4) is 17.6 Å². The summed E-state index contributed by atoms with van der Waals surface area (Å²) in [5.41, 5.74) is 9.25. The quantitative estimate of drug-likeness (QED) is 0.894. The number of rotatable bonds is 4. The van der Waals surface area contributed by atoms with Gasteiger partial charge in [0.05, 0.1) is 5.92 Å². The molecule has 3 N–H and O–H groups in total. The number of hydrogen-bond donors (Lipinski definition) is 2. The Balaban J connectivity index is 2.12. The van der Waals surface area contributed by atoms with Crippen molar-refractivity contribution in [2.45, 2.75) is 19.8 Å². The first-order valence-electron chi connectivity index (χ1n) is 8.34. The number of anilines is 1. The average Bonchev–Trinajstić information content (AvgIpc) is 2.62. The molecule has 2 aromatic carbocycles. The van der Waals surface area contributed by atoms with Gasteiger partial charge in [-0.05, 0) is 37.6 Å². The van der Waals surface area contributed by atoms with Gasteiger partial charge < -0.3 is 20.5 Å². The maximum atomic E-state index is 9.57. The molecule has 0 amide bonds. The number of ether oxygens (including phenoxy) is 1. The van der Waals surface area contributed by atoms with E-state index in [1.165, 1.54) is 0 Å². The van der Waals surface area contributed by atoms with Crippen molar-refractivity contribution < 1.29 is 9.84 Å². The normalized spacial score (nSPS) is 16.0. The highest BCUT2D eigenvalue weighted by molar-refractivity contribution is 5.61. The lowest BCUT2D eigenvalue weighted by atomic mass is 9.83. The van der Waals surface area contributed by atoms with Gasteiger partial charge in [-0.2, -0.15) is 5.26 Å². The van der Waals surface area contributed by atoms with Gasteiger partial charge in [0.25, 0.3) is 0 Å². The van der Waals surface area contributed by atoms with Crippen LogP contribution in [0.4, 0.5) is 5.69 Å². The minimum absolute atomic E-state index is 0.129. The van der Waals surface area contributed by atoms with Gasteiger partial charge in [-0.1, -0.05) is 18.2 Å². The van der Waals surface area contributed by atoms with Crippen molar-refractivity contribution in [2.75, 3.05) is 18.0 Å². The van der Waals surface area contributed by atoms with E-state index >= 15 is 0 Å². The van der Waals surface area contributed by atoms with Crippen LogP contribution in [0.5, 0.6) is 11.5 Å². The van der Waals surface area contributed by atoms with Gasteiger partial charge in [-0.15, -0.1) is 0 Å². The summed E-state index contributed by atoms with van der Waals surface area (Å²) in [5.74, 6) is 0.673. The molecule has 0 aliphatic carbocycles. The van der Waals surface area contributed by atoms with Gasteiger partial charge in [0.15, 0.2) is 0 Å². The van der Waals surface area contributed by atoms with E-state index in [0.717, 1.165) is 29.9 Å². The molecule has 5 heteroatoms. The molecule has 3 rings (SSSR count). The zero-order chi connectivity index (χ0) is 18.0. The van der Waals surface area contributed by atoms with E-state index in [1.54, 1.807) is 24.3 Å². The monoisotopic (exact) mass is 335 g/mol. The Morgan fingerprint density at radius 1 is 1.16 bits per heavy atom. The summed E-state index contributed by atoms with van der Waals surface area (Å²) in [6, 6.07) is 15.0. The first-order chi connectivity index (χ1) is 12.1. The minimum atomic E-state index is -0.305. The van der Waals surface area contributed by atoms with Crippen LogP contribution in [0, 0.1) is 11.3 Å². The van der Waals surface area contributed by atoms with Crippen LogP contribution in [-0.2, 0) is 0 Å². The summed E-state index contributed by atoms with van der Waals surface area (Å²) in [4.78, 5) is 2.22. The van der Waals surface area contributed by atoms with E-state index in [-0.39, 0.29) is 17.6 Å². The molecular weight excluding hydrogens is 314 g/mol. The lowest BCUT2D eigenvalue weighted by Crippen LogP contribution is -2.24. The number of allylic oxidation sites excluding steroid dienone is 1. The van der Waals surface area contributed by atoms with Crippen LogP contribution in [-0.4, -0.2) is 18.2 Å². The molecule has 1 atom stereocenters. The molecular formula is C20H21N3O2. The third-order valence-corrected chi connectivity index (χ3v) is 4.56. The predicted molar refractivity (Wildman–Crippen MR) is 97.4 cm³/mol. The second-order valence-corrected chi connectivity index (χ2v) is 5.91. The molecule has 1 unspecified atom stereocenters. The van der Waals surface area contributed by atoms with E-state index in [0.29, 0.717) is 11.3 Å². The van der Waals surface area contributed by atoms with E-state index in [1.807, 2.05) is 18.2 Å². The average molecular weight is 335 g/mol. The van der Waals surface area contributed by atoms with E-state index in [2.05, 4.69) is 24.8 Å². The Bertz CT molecular complexity index is 846. The standard InChI is InChI=1S/C20H21N3O2/c1-3-23(4-2)14-7-10-16-18(11-14)25-20(22)17(12-21)19(16)13-5-8-15(24)9-6-13/h5-11,19,24H,3-4,22H2,1-2H3. The van der Waals surface area contributed by atoms with Crippen molar-refractivity contribution in [1.82, 2.24) is 0 Å². The molecule has 1 heterocycles. The van der Waals surface area contributed by atoms with Crippen LogP contribution >= 0.6 is 0 Å². The second kappa shape index (κ2) is 6.78. The first-order valence-corrected chi connectivity index (χ1v) is 8.34. The lowest BCUT2D eigenvalue weighted by molar-refractivity contribution is 0.393. The van der Waals surface area contributed by atoms with Crippen molar-refractivity contribution in [1.29, 1.82) is 5.26 Å². The summed E-state index contributed by atoms with van der Waals surface area (Å²) in [5, 5.41) is 19.1. The Labute approximate surface area is 147 Å². The molecule has 25 heavy (non-hydrogen) atoms. The number of fused-ring (bicyclic) bond motifs is 1. The molecule has 0 saturated heterocycles. The van der Waals surface area contributed by atoms with E-state index in [9.17, 15) is 10.4 Å². The molecule has 0 radical (unpaired) electrons. The molecule has 0 saturated carbocycles. The molecule has 2 aromatic rings. The van der Waals surface area contributed by atoms with Crippen molar-refractivity contribution in [3.63, 3.8) is 0 Å². The molecule has 1 aliphatic rings. The summed E-state index contributed by atoms with van der Waals surface area (Å²) in [6.07, 6.45) is 0. The van der Waals surface area contributed by atoms with E-state index in [4.69, 9.17) is 10.5 Å². The van der Waals surface area contributed by atoms with Gasteiger partial charge in [0, 0.05) is 30.4 Å². The molecule has 1 aliphatic heterocycles. The predicted octanol–water partition coefficient (Wildman–Crippen LogP) is 3.46. The Hall–Kier alpha value is -3.13. The number of nitriles is 1. The van der Waals surface area contributed by atoms with Crippen molar-refractivity contribution >= 4 is 5.69 Å². The van der Waals surface area contributed by atoms with Crippen LogP contribution in [0.1, 0.15) is 30.9 Å². The minimum Gasteiger partial charge on any atom is -0.508 e. The maximum Gasteiger partial charge on any atom is 0.205 e. The molecule has 0 fully saturated rings. The number of nitrogens with two attached hydrogens (primary N) is 1. The third kappa shape index (κ3) is 2.99. The SMILES string of the molecule is CCN(CC)c1ccc2c(c1)OC(N)=C(C#N)C2c1ccc(O)cc1. The highest BCUT2D eigenvalue weighted by atomic mass is 16.5. The number of phenols is 1. The van der Waals surface area contributed by atoms with Crippen LogP contribution in [0.3, 0.4) is 0 Å². The van der Waals surface area contributed by atoms with Gasteiger partial charge in [-0.25, -0.2) is 0 Å². The summed E-state index contributed by atoms with van der Waals surface area (Å²) in [7, 11) is 0. The summed E-state index contributed by atoms with van der Waals surface area (Å²) in [6.45, 7) is 5.99. The Kier molecular flexibility index (Phi) is 4.53. The number of nitrogens with zero attached hydrogens (tertiary/aromatic N) is 2. The third-order valence-electron chi connectivity index (χ3n) is 4.56. The zero-order valence-electron chi connectivity index (χ0n) is 14.4. The van der Waals surface area contributed by atoms with Gasteiger partial charge in [0.1, 0.15) is 23.1 Å². The molecule has 0 bridgehead atoms. The second-order valence-electron chi connectivity index (χ2n) is 5.91. The van der Waals surface area contributed by atoms with Gasteiger partial charge >= 0.3 is 0 Å². The summed E-state index contributed by atoms with van der Waals surface area (Å²) < 4.78 is 5.75. The van der Waals surface area contributed by atoms with E-state index < -0.39 is 0 Å². The summed E-state index contributed by atoms with van der Waals surface area (Å²) >= 11 is 0. The number of aromatic hydroxyl groups is 1. The first kappa shape index (κ1) is 16.7. The molecule has 5 nitrogen and oxygen atoms in total. The highest BCUT2D eigenvalue weighted by Crippen LogP contribution is 2.43. The number of phenolic OH excluding ortho intramolecular Hbond substituents is 1. The van der Waals surface area contributed by atoms with Crippen LogP contribution < -0.4 is 15.4 Å². The van der Waals surface area contributed by atoms with Crippen LogP contribution in [0.2, 0.25) is 0 Å². The Morgan fingerprint density at radius 2 is 1.84 bits per heavy atom. The van der Waals surface area contributed by atoms with Crippen LogP contribution in [0.15, 0.2) is 53.9 Å². The smallest absolute Gasteiger partial charge is 0.205 e. The Morgan fingerprint density at radius 3 is 2.44 bits per heavy atom. The van der Waals surface area contributed by atoms with Crippen molar-refractivity contribution in [2.24, 2.45) is 5.73 Å². The zero-order valence-corrected chi connectivity index (χ0v) is 14.4. The maximum absolute atomic E-state index is 9.57. The fraction of sp³-hybridized carbons (Fsp3) is 0.250. The fourth-order valence-corrected chi connectivity index (χ4v) is 3.24. The number of benzene rings is 2. The molecule has 0 spiro atoms. The van der Waals surface area contributed by atoms with Gasteiger partial charge in [-0.3, -0.25) is 0 Å². The van der Waals surface area contributed by atoms with Crippen LogP contribution in [0.25, 0.3) is 0 Å². The lowest BCUT2D eigenvalue weighted by Gasteiger charge is -2.29. The molecule has 128 valence electrons. The fourth-order valence-electron chi connectivity index (χ4n) is 3.24. The topological polar surface area (TPSA) is 82.5 Å². The van der Waals surface area contributed by atoms with Gasteiger partial charge in [0.2, 0.25) is 5.88 Å². The van der Waals surface area contributed by atoms with Crippen molar-refractivity contribution in [3.05, 3.63) is 65.0 Å². The largest absolute Gasteiger partial charge is 0.508 e. The molecule has 0 aromatic heterocycles. The highest BCUT2D eigenvalue weighted by Gasteiger charge is 2.30.